The van der Waals surface area contributed by atoms with E-state index in [0.29, 0.717) is 6.42 Å². The lowest BCUT2D eigenvalue weighted by molar-refractivity contribution is -0.137. The van der Waals surface area contributed by atoms with Gasteiger partial charge in [-0.3, -0.25) is 9.79 Å². The summed E-state index contributed by atoms with van der Waals surface area (Å²) in [6.07, 6.45) is 6.24. The molecule has 0 heterocycles. The zero-order valence-electron chi connectivity index (χ0n) is 14.0. The maximum atomic E-state index is 10.6. The molecule has 25 heavy (non-hydrogen) atoms. The molecule has 2 rings (SSSR count). The minimum Gasteiger partial charge on any atom is -0.481 e. The molecule has 5 heteroatoms. The molecule has 0 unspecified atom stereocenters. The van der Waals surface area contributed by atoms with E-state index in [4.69, 9.17) is 5.11 Å². The molecule has 132 valence electrons. The lowest BCUT2D eigenvalue weighted by atomic mass is 10.1. The molecule has 0 saturated heterocycles. The summed E-state index contributed by atoms with van der Waals surface area (Å²) in [5.74, 6) is -0.749. The minimum absolute atomic E-state index is 0. The number of hydrogen-bond donors (Lipinski definition) is 2. The topological polar surface area (TPSA) is 61.7 Å². The number of aliphatic carboxylic acids is 1. The number of benzene rings is 2. The molecule has 0 atom stereocenters. The third kappa shape index (κ3) is 8.72. The molecule has 0 aliphatic carbocycles. The van der Waals surface area contributed by atoms with Gasteiger partial charge in [0.2, 0.25) is 0 Å². The Labute approximate surface area is 154 Å². The van der Waals surface area contributed by atoms with Crippen LogP contribution in [0.15, 0.2) is 77.4 Å². The molecule has 0 aromatic heterocycles. The van der Waals surface area contributed by atoms with E-state index in [2.05, 4.69) is 10.3 Å². The van der Waals surface area contributed by atoms with Gasteiger partial charge < -0.3 is 10.4 Å². The molecule has 0 saturated carbocycles. The average molecular weight is 359 g/mol. The Morgan fingerprint density at radius 3 is 2.20 bits per heavy atom. The molecule has 2 aromatic rings. The first kappa shape index (κ1) is 20.5. The molecule has 0 bridgehead atoms. The van der Waals surface area contributed by atoms with Crippen molar-refractivity contribution in [2.45, 2.75) is 25.7 Å². The maximum absolute atomic E-state index is 10.6. The Hall–Kier alpha value is -2.59. The van der Waals surface area contributed by atoms with Crippen LogP contribution in [0.4, 0.5) is 11.4 Å². The second-order valence-electron chi connectivity index (χ2n) is 5.42. The molecule has 0 spiro atoms. The van der Waals surface area contributed by atoms with Gasteiger partial charge in [-0.1, -0.05) is 36.4 Å². The summed E-state index contributed by atoms with van der Waals surface area (Å²) in [5, 5.41) is 12.0. The first-order valence-corrected chi connectivity index (χ1v) is 8.05. The van der Waals surface area contributed by atoms with Crippen LogP contribution in [0.5, 0.6) is 0 Å². The van der Waals surface area contributed by atoms with Gasteiger partial charge in [-0.05, 0) is 49.1 Å². The summed E-state index contributed by atoms with van der Waals surface area (Å²) in [7, 11) is 0. The average Bonchev–Trinajstić information content (AvgIpc) is 2.62. The van der Waals surface area contributed by atoms with Crippen LogP contribution in [0.3, 0.4) is 0 Å². The summed E-state index contributed by atoms with van der Waals surface area (Å²) in [6, 6.07) is 19.7. The molecule has 2 aromatic carbocycles. The van der Waals surface area contributed by atoms with E-state index in [1.807, 2.05) is 73.1 Å². The Kier molecular flexibility index (Phi) is 9.71. The number of carboxylic acids is 1. The molecule has 4 nitrogen and oxygen atoms in total. The summed E-state index contributed by atoms with van der Waals surface area (Å²) >= 11 is 0. The molecule has 0 aliphatic heterocycles. The molecular weight excluding hydrogens is 336 g/mol. The number of anilines is 1. The molecule has 0 amide bonds. The van der Waals surface area contributed by atoms with Gasteiger partial charge in [-0.25, -0.2) is 0 Å². The normalized spacial score (nSPS) is 11.1. The zero-order chi connectivity index (χ0) is 17.0. The molecular formula is C20H23ClN2O2. The highest BCUT2D eigenvalue weighted by atomic mass is 35.5. The van der Waals surface area contributed by atoms with E-state index in [9.17, 15) is 4.79 Å². The summed E-state index contributed by atoms with van der Waals surface area (Å²) in [5.41, 5.74) is 2.94. The fourth-order valence-corrected chi connectivity index (χ4v) is 2.16. The standard InChI is InChI=1S/C20H22N2O2.ClH/c23-20(24)14-8-7-9-17(15-21-18-10-3-1-4-11-18)16-22-19-12-5-2-6-13-19;/h1-6,10-13,15-16,21H,7-9,14H2,(H,23,24);1H/b17-15-,22-16+;. The molecule has 0 fully saturated rings. The second-order valence-corrected chi connectivity index (χ2v) is 5.42. The van der Waals surface area contributed by atoms with Gasteiger partial charge >= 0.3 is 5.97 Å². The van der Waals surface area contributed by atoms with Gasteiger partial charge in [0, 0.05) is 24.5 Å². The second kappa shape index (κ2) is 11.9. The van der Waals surface area contributed by atoms with E-state index in [-0.39, 0.29) is 18.8 Å². The molecule has 2 N–H and O–H groups in total. The van der Waals surface area contributed by atoms with Crippen molar-refractivity contribution in [1.82, 2.24) is 0 Å². The fraction of sp³-hybridized carbons (Fsp3) is 0.200. The van der Waals surface area contributed by atoms with Crippen molar-refractivity contribution in [3.8, 4) is 0 Å². The third-order valence-corrected chi connectivity index (χ3v) is 3.44. The monoisotopic (exact) mass is 358 g/mol. The number of unbranched alkanes of at least 4 members (excludes halogenated alkanes) is 1. The Morgan fingerprint density at radius 2 is 1.56 bits per heavy atom. The van der Waals surface area contributed by atoms with E-state index < -0.39 is 5.97 Å². The van der Waals surface area contributed by atoms with E-state index in [0.717, 1.165) is 29.8 Å². The van der Waals surface area contributed by atoms with Crippen molar-refractivity contribution in [3.63, 3.8) is 0 Å². The number of carboxylic acid groups (broad SMARTS) is 1. The summed E-state index contributed by atoms with van der Waals surface area (Å²) in [6.45, 7) is 0. The van der Waals surface area contributed by atoms with Crippen LogP contribution in [0.2, 0.25) is 0 Å². The van der Waals surface area contributed by atoms with Gasteiger partial charge in [-0.15, -0.1) is 12.4 Å². The Bertz CT molecular complexity index is 685. The Morgan fingerprint density at radius 1 is 0.960 bits per heavy atom. The van der Waals surface area contributed by atoms with Crippen LogP contribution in [0.1, 0.15) is 25.7 Å². The van der Waals surface area contributed by atoms with Crippen molar-refractivity contribution in [2.75, 3.05) is 5.32 Å². The number of hydrogen-bond acceptors (Lipinski definition) is 3. The van der Waals surface area contributed by atoms with Crippen molar-refractivity contribution in [1.29, 1.82) is 0 Å². The highest BCUT2D eigenvalue weighted by Gasteiger charge is 1.99. The predicted octanol–water partition coefficient (Wildman–Crippen LogP) is 5.45. The van der Waals surface area contributed by atoms with Gasteiger partial charge in [0.1, 0.15) is 0 Å². The molecule has 0 radical (unpaired) electrons. The van der Waals surface area contributed by atoms with Crippen molar-refractivity contribution >= 4 is 36.0 Å². The van der Waals surface area contributed by atoms with Crippen LogP contribution >= 0.6 is 12.4 Å². The summed E-state index contributed by atoms with van der Waals surface area (Å²) < 4.78 is 0. The quantitative estimate of drug-likeness (QED) is 0.462. The summed E-state index contributed by atoms with van der Waals surface area (Å²) in [4.78, 5) is 15.1. The Balaban J connectivity index is 0.00000312. The highest BCUT2D eigenvalue weighted by Crippen LogP contribution is 2.14. The maximum Gasteiger partial charge on any atom is 0.303 e. The first-order chi connectivity index (χ1) is 11.7. The van der Waals surface area contributed by atoms with Crippen molar-refractivity contribution < 1.29 is 9.90 Å². The number of halogens is 1. The highest BCUT2D eigenvalue weighted by molar-refractivity contribution is 5.85. The number of nitrogens with zero attached hydrogens (tertiary/aromatic N) is 1. The zero-order valence-corrected chi connectivity index (χ0v) is 14.8. The lowest BCUT2D eigenvalue weighted by Gasteiger charge is -2.05. The van der Waals surface area contributed by atoms with Gasteiger partial charge in [0.25, 0.3) is 0 Å². The number of para-hydroxylation sites is 2. The third-order valence-electron chi connectivity index (χ3n) is 3.44. The largest absolute Gasteiger partial charge is 0.481 e. The van der Waals surface area contributed by atoms with Crippen molar-refractivity contribution in [3.05, 3.63) is 72.4 Å². The van der Waals surface area contributed by atoms with E-state index in [1.54, 1.807) is 0 Å². The van der Waals surface area contributed by atoms with E-state index in [1.165, 1.54) is 0 Å². The number of aliphatic imine (C=N–C) groups is 1. The van der Waals surface area contributed by atoms with Crippen LogP contribution in [0, 0.1) is 0 Å². The number of carbonyl (C=O) groups is 1. The van der Waals surface area contributed by atoms with Gasteiger partial charge in [-0.2, -0.15) is 0 Å². The van der Waals surface area contributed by atoms with Gasteiger partial charge in [0.05, 0.1) is 5.69 Å². The van der Waals surface area contributed by atoms with Crippen molar-refractivity contribution in [2.24, 2.45) is 4.99 Å². The SMILES string of the molecule is Cl.O=C(O)CCCCC(=C/Nc1ccccc1)/C=N/c1ccccc1. The van der Waals surface area contributed by atoms with Crippen LogP contribution in [0.25, 0.3) is 0 Å². The van der Waals surface area contributed by atoms with Crippen LogP contribution in [-0.2, 0) is 4.79 Å². The first-order valence-electron chi connectivity index (χ1n) is 8.05. The van der Waals surface area contributed by atoms with Crippen LogP contribution in [-0.4, -0.2) is 17.3 Å². The minimum atomic E-state index is -0.749. The van der Waals surface area contributed by atoms with Gasteiger partial charge in [0.15, 0.2) is 0 Å². The smallest absolute Gasteiger partial charge is 0.303 e. The fourth-order valence-electron chi connectivity index (χ4n) is 2.16. The predicted molar refractivity (Wildman–Crippen MR) is 106 cm³/mol. The number of rotatable bonds is 9. The number of allylic oxidation sites excluding steroid dienone is 1. The van der Waals surface area contributed by atoms with E-state index >= 15 is 0 Å². The molecule has 0 aliphatic rings. The number of nitrogens with one attached hydrogen (secondary N) is 1. The lowest BCUT2D eigenvalue weighted by Crippen LogP contribution is -1.96. The van der Waals surface area contributed by atoms with Crippen LogP contribution < -0.4 is 5.32 Å².